The molecule has 3 aromatic rings. The van der Waals surface area contributed by atoms with E-state index in [2.05, 4.69) is 78.6 Å². The Morgan fingerprint density at radius 1 is 0.677 bits per heavy atom. The molecule has 0 unspecified atom stereocenters. The lowest BCUT2D eigenvalue weighted by molar-refractivity contribution is 0.415. The maximum absolute atomic E-state index is 5.37. The van der Waals surface area contributed by atoms with E-state index in [1.807, 2.05) is 0 Å². The number of unbranched alkanes of at least 4 members (excludes halogenated alkanes) is 8. The molecule has 3 aromatic carbocycles. The maximum atomic E-state index is 5.37. The zero-order valence-corrected chi connectivity index (χ0v) is 19.5. The van der Waals surface area contributed by atoms with Crippen LogP contribution in [0, 0.1) is 0 Å². The number of anilines is 1. The predicted octanol–water partition coefficient (Wildman–Crippen LogP) is 8.39. The van der Waals surface area contributed by atoms with Crippen molar-refractivity contribution in [3.63, 3.8) is 0 Å². The van der Waals surface area contributed by atoms with E-state index in [1.54, 1.807) is 7.11 Å². The molecular weight excluding hydrogens is 378 g/mol. The molecule has 0 heterocycles. The number of hydrogen-bond donors (Lipinski definition) is 0. The van der Waals surface area contributed by atoms with Crippen molar-refractivity contribution < 1.29 is 4.74 Å². The van der Waals surface area contributed by atoms with Crippen LogP contribution in [0.3, 0.4) is 0 Å². The van der Waals surface area contributed by atoms with E-state index in [0.717, 1.165) is 18.8 Å². The third kappa shape index (κ3) is 7.31. The molecule has 2 heteroatoms. The summed E-state index contributed by atoms with van der Waals surface area (Å²) in [4.78, 5) is 2.53. The lowest BCUT2D eigenvalue weighted by Crippen LogP contribution is -2.24. The molecule has 0 spiro atoms. The van der Waals surface area contributed by atoms with Gasteiger partial charge in [0.2, 0.25) is 0 Å². The minimum absolute atomic E-state index is 0.914. The van der Waals surface area contributed by atoms with Gasteiger partial charge in [0.1, 0.15) is 5.75 Å². The molecule has 3 rings (SSSR count). The van der Waals surface area contributed by atoms with Gasteiger partial charge in [-0.15, -0.1) is 0 Å². The van der Waals surface area contributed by atoms with Crippen molar-refractivity contribution in [2.45, 2.75) is 71.3 Å². The van der Waals surface area contributed by atoms with Crippen molar-refractivity contribution in [3.05, 3.63) is 72.3 Å². The Balaban J connectivity index is 1.60. The van der Waals surface area contributed by atoms with Crippen molar-refractivity contribution in [1.29, 1.82) is 0 Å². The number of fused-ring (bicyclic) bond motifs is 1. The van der Waals surface area contributed by atoms with Crippen LogP contribution in [0.15, 0.2) is 66.7 Å². The molecule has 2 nitrogen and oxygen atoms in total. The summed E-state index contributed by atoms with van der Waals surface area (Å²) in [6.07, 6.45) is 12.2. The second-order valence-electron chi connectivity index (χ2n) is 8.59. The van der Waals surface area contributed by atoms with Gasteiger partial charge >= 0.3 is 0 Å². The van der Waals surface area contributed by atoms with Crippen molar-refractivity contribution in [2.24, 2.45) is 0 Å². The second kappa shape index (κ2) is 13.0. The number of rotatable bonds is 14. The third-order valence-electron chi connectivity index (χ3n) is 6.21. The Hall–Kier alpha value is -2.48. The minimum Gasteiger partial charge on any atom is -0.497 e. The smallest absolute Gasteiger partial charge is 0.119 e. The Kier molecular flexibility index (Phi) is 9.76. The Bertz CT molecular complexity index is 881. The van der Waals surface area contributed by atoms with E-state index >= 15 is 0 Å². The molecule has 0 aromatic heterocycles. The zero-order chi connectivity index (χ0) is 21.7. The molecule has 0 radical (unpaired) electrons. The van der Waals surface area contributed by atoms with Crippen LogP contribution in [-0.4, -0.2) is 13.7 Å². The highest BCUT2D eigenvalue weighted by molar-refractivity contribution is 5.85. The first-order chi connectivity index (χ1) is 15.3. The van der Waals surface area contributed by atoms with Gasteiger partial charge in [0.25, 0.3) is 0 Å². The van der Waals surface area contributed by atoms with Crippen molar-refractivity contribution in [1.82, 2.24) is 0 Å². The molecule has 0 aliphatic heterocycles. The highest BCUT2D eigenvalue weighted by Crippen LogP contribution is 2.25. The van der Waals surface area contributed by atoms with E-state index in [-0.39, 0.29) is 0 Å². The molecule has 0 saturated carbocycles. The molecule has 0 fully saturated rings. The Morgan fingerprint density at radius 2 is 1.32 bits per heavy atom. The third-order valence-corrected chi connectivity index (χ3v) is 6.21. The van der Waals surface area contributed by atoms with E-state index in [9.17, 15) is 0 Å². The molecule has 0 atom stereocenters. The van der Waals surface area contributed by atoms with E-state index < -0.39 is 0 Å². The zero-order valence-electron chi connectivity index (χ0n) is 19.5. The molecule has 0 aliphatic carbocycles. The number of benzene rings is 3. The Morgan fingerprint density at radius 3 is 2.03 bits per heavy atom. The summed E-state index contributed by atoms with van der Waals surface area (Å²) in [6, 6.07) is 23.9. The summed E-state index contributed by atoms with van der Waals surface area (Å²) >= 11 is 0. The van der Waals surface area contributed by atoms with Crippen LogP contribution in [0.4, 0.5) is 5.69 Å². The number of methoxy groups -OCH3 is 1. The monoisotopic (exact) mass is 417 g/mol. The van der Waals surface area contributed by atoms with Crippen molar-refractivity contribution >= 4 is 16.5 Å². The molecule has 0 N–H and O–H groups in total. The molecule has 166 valence electrons. The summed E-state index contributed by atoms with van der Waals surface area (Å²) in [7, 11) is 1.73. The number of nitrogens with zero attached hydrogens (tertiary/aromatic N) is 1. The SMILES string of the molecule is CCCCCCCCCCCN(Cc1cccc2ccccc12)c1ccc(OC)cc1. The fraction of sp³-hybridized carbons (Fsp3) is 0.448. The van der Waals surface area contributed by atoms with Crippen LogP contribution in [0.5, 0.6) is 5.75 Å². The normalized spacial score (nSPS) is 11.0. The maximum Gasteiger partial charge on any atom is 0.119 e. The van der Waals surface area contributed by atoms with Crippen LogP contribution in [-0.2, 0) is 6.54 Å². The average Bonchev–Trinajstić information content (AvgIpc) is 2.82. The van der Waals surface area contributed by atoms with E-state index in [1.165, 1.54) is 79.8 Å². The van der Waals surface area contributed by atoms with Gasteiger partial charge in [0.05, 0.1) is 7.11 Å². The highest BCUT2D eigenvalue weighted by atomic mass is 16.5. The number of hydrogen-bond acceptors (Lipinski definition) is 2. The van der Waals surface area contributed by atoms with Crippen molar-refractivity contribution in [3.8, 4) is 5.75 Å². The topological polar surface area (TPSA) is 12.5 Å². The molecule has 31 heavy (non-hydrogen) atoms. The summed E-state index contributed by atoms with van der Waals surface area (Å²) in [5, 5.41) is 2.67. The summed E-state index contributed by atoms with van der Waals surface area (Å²) in [5.74, 6) is 0.914. The standard InChI is InChI=1S/C29H39NO/c1-3-4-5-6-7-8-9-10-13-23-30(27-19-21-28(31-2)22-20-27)24-26-17-14-16-25-15-11-12-18-29(25)26/h11-12,14-22H,3-10,13,23-24H2,1-2H3. The van der Waals surface area contributed by atoms with Gasteiger partial charge in [-0.1, -0.05) is 101 Å². The lowest BCUT2D eigenvalue weighted by Gasteiger charge is -2.26. The first-order valence-corrected chi connectivity index (χ1v) is 12.2. The molecule has 0 saturated heterocycles. The largest absolute Gasteiger partial charge is 0.497 e. The fourth-order valence-electron chi connectivity index (χ4n) is 4.34. The van der Waals surface area contributed by atoms with Gasteiger partial charge in [0, 0.05) is 18.8 Å². The van der Waals surface area contributed by atoms with Gasteiger partial charge in [0.15, 0.2) is 0 Å². The summed E-state index contributed by atoms with van der Waals surface area (Å²) < 4.78 is 5.37. The van der Waals surface area contributed by atoms with Gasteiger partial charge < -0.3 is 9.64 Å². The summed E-state index contributed by atoms with van der Waals surface area (Å²) in [5.41, 5.74) is 2.66. The van der Waals surface area contributed by atoms with Gasteiger partial charge in [-0.05, 0) is 47.0 Å². The molecule has 0 amide bonds. The van der Waals surface area contributed by atoms with Crippen LogP contribution >= 0.6 is 0 Å². The minimum atomic E-state index is 0.914. The molecule has 0 aliphatic rings. The van der Waals surface area contributed by atoms with Crippen LogP contribution in [0.2, 0.25) is 0 Å². The first kappa shape index (κ1) is 23.2. The second-order valence-corrected chi connectivity index (χ2v) is 8.59. The van der Waals surface area contributed by atoms with E-state index in [4.69, 9.17) is 4.74 Å². The summed E-state index contributed by atoms with van der Waals surface area (Å²) in [6.45, 7) is 4.31. The predicted molar refractivity (Wildman–Crippen MR) is 135 cm³/mol. The molecule has 0 bridgehead atoms. The van der Waals surface area contributed by atoms with Crippen LogP contribution < -0.4 is 9.64 Å². The van der Waals surface area contributed by atoms with Gasteiger partial charge in [-0.25, -0.2) is 0 Å². The molecular formula is C29H39NO. The van der Waals surface area contributed by atoms with E-state index in [0.29, 0.717) is 0 Å². The van der Waals surface area contributed by atoms with Gasteiger partial charge in [-0.3, -0.25) is 0 Å². The average molecular weight is 418 g/mol. The van der Waals surface area contributed by atoms with Crippen molar-refractivity contribution in [2.75, 3.05) is 18.6 Å². The Labute approximate surface area is 189 Å². The highest BCUT2D eigenvalue weighted by Gasteiger charge is 2.10. The lowest BCUT2D eigenvalue weighted by atomic mass is 10.0. The first-order valence-electron chi connectivity index (χ1n) is 12.2. The van der Waals surface area contributed by atoms with Gasteiger partial charge in [-0.2, -0.15) is 0 Å². The number of ether oxygens (including phenoxy) is 1. The van der Waals surface area contributed by atoms with Crippen LogP contribution in [0.25, 0.3) is 10.8 Å². The quantitative estimate of drug-likeness (QED) is 0.244. The fourth-order valence-corrected chi connectivity index (χ4v) is 4.34. The van der Waals surface area contributed by atoms with Crippen LogP contribution in [0.1, 0.15) is 70.3 Å².